The number of aryl methyl sites for hydroxylation is 1. The Morgan fingerprint density at radius 1 is 1.29 bits per heavy atom. The summed E-state index contributed by atoms with van der Waals surface area (Å²) in [6, 6.07) is 5.55. The molecule has 1 N–H and O–H groups in total. The molecular formula is C18H25NO4S. The van der Waals surface area contributed by atoms with E-state index < -0.39 is 11.6 Å². The van der Waals surface area contributed by atoms with Gasteiger partial charge in [-0.1, -0.05) is 13.0 Å². The molecule has 1 aliphatic heterocycles. The molecule has 5 nitrogen and oxygen atoms in total. The number of rotatable bonds is 6. The molecule has 0 bridgehead atoms. The smallest absolute Gasteiger partial charge is 0.348 e. The van der Waals surface area contributed by atoms with Crippen LogP contribution in [0.5, 0.6) is 5.75 Å². The van der Waals surface area contributed by atoms with Crippen molar-refractivity contribution in [1.82, 2.24) is 0 Å². The minimum Gasteiger partial charge on any atom is -0.478 e. The van der Waals surface area contributed by atoms with Gasteiger partial charge in [0, 0.05) is 25.8 Å². The molecule has 1 aromatic carbocycles. The third kappa shape index (κ3) is 3.86. The van der Waals surface area contributed by atoms with Crippen LogP contribution in [0.1, 0.15) is 38.7 Å². The molecule has 6 heteroatoms. The van der Waals surface area contributed by atoms with Gasteiger partial charge in [-0.3, -0.25) is 4.79 Å². The number of thioether (sulfide) groups is 1. The first-order valence-corrected chi connectivity index (χ1v) is 9.50. The third-order valence-corrected chi connectivity index (χ3v) is 5.31. The summed E-state index contributed by atoms with van der Waals surface area (Å²) in [5.41, 5.74) is 0.454. The van der Waals surface area contributed by atoms with Crippen molar-refractivity contribution in [2.24, 2.45) is 0 Å². The lowest BCUT2D eigenvalue weighted by Crippen LogP contribution is -2.47. The minimum atomic E-state index is -1.20. The van der Waals surface area contributed by atoms with Gasteiger partial charge in [0.2, 0.25) is 11.5 Å². The molecule has 0 radical (unpaired) electrons. The van der Waals surface area contributed by atoms with Gasteiger partial charge in [0.15, 0.2) is 0 Å². The van der Waals surface area contributed by atoms with E-state index in [1.807, 2.05) is 32.9 Å². The molecule has 1 fully saturated rings. The summed E-state index contributed by atoms with van der Waals surface area (Å²) >= 11 is 1.74. The number of ether oxygens (including phenoxy) is 1. The lowest BCUT2D eigenvalue weighted by molar-refractivity contribution is -0.156. The van der Waals surface area contributed by atoms with E-state index >= 15 is 0 Å². The Bertz CT molecular complexity index is 611. The number of benzene rings is 1. The average molecular weight is 351 g/mol. The number of carboxylic acid groups (broad SMARTS) is 1. The zero-order valence-corrected chi connectivity index (χ0v) is 15.3. The van der Waals surface area contributed by atoms with Gasteiger partial charge in [0.1, 0.15) is 5.75 Å². The van der Waals surface area contributed by atoms with Crippen molar-refractivity contribution in [3.63, 3.8) is 0 Å². The number of carboxylic acids is 1. The second-order valence-corrected chi connectivity index (χ2v) is 7.20. The maximum Gasteiger partial charge on any atom is 0.348 e. The molecule has 132 valence electrons. The molecule has 1 amide bonds. The van der Waals surface area contributed by atoms with E-state index in [1.54, 1.807) is 22.7 Å². The van der Waals surface area contributed by atoms with Crippen LogP contribution >= 0.6 is 11.8 Å². The number of hydrogen-bond acceptors (Lipinski definition) is 4. The van der Waals surface area contributed by atoms with Crippen molar-refractivity contribution in [2.45, 2.75) is 45.6 Å². The summed E-state index contributed by atoms with van der Waals surface area (Å²) in [4.78, 5) is 25.8. The highest BCUT2D eigenvalue weighted by Crippen LogP contribution is 2.37. The van der Waals surface area contributed by atoms with Gasteiger partial charge in [-0.05, 0) is 43.0 Å². The Morgan fingerprint density at radius 2 is 1.96 bits per heavy atom. The summed E-state index contributed by atoms with van der Waals surface area (Å²) in [6.07, 6.45) is 1.32. The molecule has 1 aromatic rings. The number of anilines is 1. The summed E-state index contributed by atoms with van der Waals surface area (Å²) in [7, 11) is 0. The van der Waals surface area contributed by atoms with E-state index in [0.717, 1.165) is 17.1 Å². The van der Waals surface area contributed by atoms with Gasteiger partial charge in [0.25, 0.3) is 0 Å². The van der Waals surface area contributed by atoms with Crippen LogP contribution in [0.4, 0.5) is 5.69 Å². The van der Waals surface area contributed by atoms with E-state index in [1.165, 1.54) is 0 Å². The number of hydrogen-bond donors (Lipinski definition) is 1. The Morgan fingerprint density at radius 3 is 2.50 bits per heavy atom. The van der Waals surface area contributed by atoms with Crippen molar-refractivity contribution in [2.75, 3.05) is 23.0 Å². The minimum absolute atomic E-state index is 0.00322. The zero-order valence-electron chi connectivity index (χ0n) is 14.5. The maximum atomic E-state index is 12.3. The monoisotopic (exact) mass is 351 g/mol. The fourth-order valence-electron chi connectivity index (χ4n) is 2.87. The maximum absolute atomic E-state index is 12.3. The van der Waals surface area contributed by atoms with Crippen LogP contribution in [0.15, 0.2) is 18.2 Å². The molecule has 1 heterocycles. The Labute approximate surface area is 147 Å². The summed E-state index contributed by atoms with van der Waals surface area (Å²) in [5, 5.41) is 9.73. The first-order chi connectivity index (χ1) is 11.4. The molecular weight excluding hydrogens is 326 g/mol. The van der Waals surface area contributed by atoms with Gasteiger partial charge in [0.05, 0.1) is 5.69 Å². The highest BCUT2D eigenvalue weighted by molar-refractivity contribution is 7.99. The predicted octanol–water partition coefficient (Wildman–Crippen LogP) is 3.49. The standard InChI is InChI=1S/C18H25NO4S/c1-4-16(20)19(5-2)14-12-13(3)6-7-15(14)23-18(17(21)22)8-10-24-11-9-18/h6-7,12H,4-5,8-11H2,1-3H3,(H,21,22). The summed E-state index contributed by atoms with van der Waals surface area (Å²) in [6.45, 7) is 6.19. The van der Waals surface area contributed by atoms with Gasteiger partial charge >= 0.3 is 5.97 Å². The molecule has 1 saturated heterocycles. The first kappa shape index (κ1) is 18.6. The molecule has 0 saturated carbocycles. The third-order valence-electron chi connectivity index (χ3n) is 4.32. The van der Waals surface area contributed by atoms with Gasteiger partial charge in [-0.2, -0.15) is 11.8 Å². The van der Waals surface area contributed by atoms with Crippen molar-refractivity contribution in [3.8, 4) is 5.75 Å². The normalized spacial score (nSPS) is 16.5. The van der Waals surface area contributed by atoms with Crippen LogP contribution in [0.25, 0.3) is 0 Å². The average Bonchev–Trinajstić information content (AvgIpc) is 2.58. The highest BCUT2D eigenvalue weighted by atomic mass is 32.2. The Hall–Kier alpha value is -1.69. The second kappa shape index (κ2) is 7.92. The van der Waals surface area contributed by atoms with Crippen molar-refractivity contribution < 1.29 is 19.4 Å². The summed E-state index contributed by atoms with van der Waals surface area (Å²) < 4.78 is 6.06. The second-order valence-electron chi connectivity index (χ2n) is 5.98. The van der Waals surface area contributed by atoms with E-state index in [9.17, 15) is 14.7 Å². The largest absolute Gasteiger partial charge is 0.478 e. The van der Waals surface area contributed by atoms with E-state index in [4.69, 9.17) is 4.74 Å². The van der Waals surface area contributed by atoms with E-state index in [0.29, 0.717) is 37.2 Å². The zero-order chi connectivity index (χ0) is 17.7. The van der Waals surface area contributed by atoms with Crippen LogP contribution in [-0.4, -0.2) is 40.6 Å². The molecule has 1 aliphatic rings. The van der Waals surface area contributed by atoms with Crippen molar-refractivity contribution >= 4 is 29.3 Å². The van der Waals surface area contributed by atoms with Crippen molar-refractivity contribution in [1.29, 1.82) is 0 Å². The van der Waals surface area contributed by atoms with E-state index in [2.05, 4.69) is 0 Å². The molecule has 24 heavy (non-hydrogen) atoms. The first-order valence-electron chi connectivity index (χ1n) is 8.34. The fourth-order valence-corrected chi connectivity index (χ4v) is 4.02. The lowest BCUT2D eigenvalue weighted by Gasteiger charge is -2.35. The molecule has 0 aliphatic carbocycles. The lowest BCUT2D eigenvalue weighted by atomic mass is 9.96. The van der Waals surface area contributed by atoms with E-state index in [-0.39, 0.29) is 5.91 Å². The molecule has 0 unspecified atom stereocenters. The molecule has 0 spiro atoms. The number of amides is 1. The highest BCUT2D eigenvalue weighted by Gasteiger charge is 2.43. The summed E-state index contributed by atoms with van der Waals surface area (Å²) in [5.74, 6) is 1.06. The topological polar surface area (TPSA) is 66.8 Å². The van der Waals surface area contributed by atoms with Crippen LogP contribution in [0.2, 0.25) is 0 Å². The van der Waals surface area contributed by atoms with Gasteiger partial charge in [-0.25, -0.2) is 4.79 Å². The Balaban J connectivity index is 2.42. The number of aliphatic carboxylic acids is 1. The van der Waals surface area contributed by atoms with Crippen LogP contribution in [0.3, 0.4) is 0 Å². The van der Waals surface area contributed by atoms with Gasteiger partial charge in [-0.15, -0.1) is 0 Å². The molecule has 2 rings (SSSR count). The van der Waals surface area contributed by atoms with Gasteiger partial charge < -0.3 is 14.7 Å². The Kier molecular flexibility index (Phi) is 6.15. The SMILES string of the molecule is CCC(=O)N(CC)c1cc(C)ccc1OC1(C(=O)O)CCSCC1. The number of carbonyl (C=O) groups is 2. The van der Waals surface area contributed by atoms with Crippen molar-refractivity contribution in [3.05, 3.63) is 23.8 Å². The predicted molar refractivity (Wildman–Crippen MR) is 97.1 cm³/mol. The number of nitrogens with zero attached hydrogens (tertiary/aromatic N) is 1. The quantitative estimate of drug-likeness (QED) is 0.850. The fraction of sp³-hybridized carbons (Fsp3) is 0.556. The van der Waals surface area contributed by atoms with Crippen LogP contribution in [-0.2, 0) is 9.59 Å². The molecule has 0 atom stereocenters. The molecule has 0 aromatic heterocycles. The van der Waals surface area contributed by atoms with Crippen LogP contribution < -0.4 is 9.64 Å². The van der Waals surface area contributed by atoms with Crippen LogP contribution in [0, 0.1) is 6.92 Å². The number of carbonyl (C=O) groups excluding carboxylic acids is 1.